The largest absolute Gasteiger partial charge is 0.0754 e. The summed E-state index contributed by atoms with van der Waals surface area (Å²) in [5.41, 5.74) is 4.66. The molecule has 2 aliphatic rings. The maximum Gasteiger partial charge on any atom is 0.00711 e. The molecule has 0 spiro atoms. The van der Waals surface area contributed by atoms with E-state index in [-0.39, 0.29) is 5.41 Å². The predicted molar refractivity (Wildman–Crippen MR) is 91.8 cm³/mol. The van der Waals surface area contributed by atoms with E-state index in [9.17, 15) is 0 Å². The van der Waals surface area contributed by atoms with Crippen molar-refractivity contribution in [3.63, 3.8) is 0 Å². The Kier molecular flexibility index (Phi) is 2.52. The van der Waals surface area contributed by atoms with Crippen molar-refractivity contribution in [1.82, 2.24) is 0 Å². The van der Waals surface area contributed by atoms with E-state index < -0.39 is 0 Å². The molecule has 21 heavy (non-hydrogen) atoms. The van der Waals surface area contributed by atoms with Crippen molar-refractivity contribution >= 4 is 22.9 Å². The van der Waals surface area contributed by atoms with Crippen LogP contribution in [0.25, 0.3) is 22.9 Å². The molecule has 0 heterocycles. The second-order valence-electron chi connectivity index (χ2n) is 7.53. The molecular formula is C21H22. The van der Waals surface area contributed by atoms with Crippen LogP contribution in [0.4, 0.5) is 0 Å². The van der Waals surface area contributed by atoms with Crippen LogP contribution in [0.1, 0.15) is 44.2 Å². The molecule has 0 heteroatoms. The zero-order chi connectivity index (χ0) is 14.8. The lowest BCUT2D eigenvalue weighted by molar-refractivity contribution is 0.517. The first-order valence-electron chi connectivity index (χ1n) is 7.91. The van der Waals surface area contributed by atoms with Crippen LogP contribution >= 0.6 is 0 Å². The molecule has 0 fully saturated rings. The van der Waals surface area contributed by atoms with Gasteiger partial charge in [0.25, 0.3) is 0 Å². The maximum absolute atomic E-state index is 2.50. The zero-order valence-corrected chi connectivity index (χ0v) is 13.3. The van der Waals surface area contributed by atoms with Gasteiger partial charge in [-0.15, -0.1) is 0 Å². The fourth-order valence-electron chi connectivity index (χ4n) is 3.80. The lowest BCUT2D eigenvalue weighted by Crippen LogP contribution is -2.27. The Morgan fingerprint density at radius 1 is 1.05 bits per heavy atom. The van der Waals surface area contributed by atoms with Gasteiger partial charge in [0.05, 0.1) is 0 Å². The average Bonchev–Trinajstić information content (AvgIpc) is 2.45. The molecular weight excluding hydrogens is 252 g/mol. The molecule has 0 aliphatic heterocycles. The lowest BCUT2D eigenvalue weighted by Gasteiger charge is -2.29. The third kappa shape index (κ3) is 1.82. The van der Waals surface area contributed by atoms with Crippen LogP contribution in [0, 0.1) is 12.3 Å². The lowest BCUT2D eigenvalue weighted by atomic mass is 9.75. The third-order valence-electron chi connectivity index (χ3n) is 5.02. The molecule has 4 rings (SSSR count). The van der Waals surface area contributed by atoms with Crippen LogP contribution < -0.4 is 10.4 Å². The molecule has 0 bridgehead atoms. The van der Waals surface area contributed by atoms with Gasteiger partial charge in [0, 0.05) is 5.92 Å². The minimum absolute atomic E-state index is 0.222. The Morgan fingerprint density at radius 2 is 1.81 bits per heavy atom. The van der Waals surface area contributed by atoms with E-state index in [1.54, 1.807) is 5.56 Å². The zero-order valence-electron chi connectivity index (χ0n) is 13.3. The summed E-state index contributed by atoms with van der Waals surface area (Å²) in [5, 5.41) is 5.77. The van der Waals surface area contributed by atoms with Crippen LogP contribution in [-0.4, -0.2) is 0 Å². The summed E-state index contributed by atoms with van der Waals surface area (Å²) in [6.07, 6.45) is 8.49. The van der Waals surface area contributed by atoms with Crippen LogP contribution in [0.5, 0.6) is 0 Å². The number of hydrogen-bond acceptors (Lipinski definition) is 0. The van der Waals surface area contributed by atoms with Gasteiger partial charge in [-0.25, -0.2) is 0 Å². The van der Waals surface area contributed by atoms with E-state index >= 15 is 0 Å². The van der Waals surface area contributed by atoms with Gasteiger partial charge in [0.1, 0.15) is 0 Å². The van der Waals surface area contributed by atoms with E-state index in [1.165, 1.54) is 32.3 Å². The number of aryl methyl sites for hydroxylation is 1. The highest BCUT2D eigenvalue weighted by molar-refractivity contribution is 5.90. The minimum Gasteiger partial charge on any atom is -0.0754 e. The first-order valence-corrected chi connectivity index (χ1v) is 7.91. The summed E-state index contributed by atoms with van der Waals surface area (Å²) in [6.45, 7) is 9.16. The molecule has 106 valence electrons. The maximum atomic E-state index is 2.50. The van der Waals surface area contributed by atoms with Crippen molar-refractivity contribution < 1.29 is 0 Å². The number of allylic oxidation sites excluding steroid dienone is 2. The normalized spacial score (nSPS) is 19.8. The Hall–Kier alpha value is -1.82. The van der Waals surface area contributed by atoms with Gasteiger partial charge >= 0.3 is 0 Å². The fraction of sp³-hybridized carbons (Fsp3) is 0.333. The Balaban J connectivity index is 2.14. The van der Waals surface area contributed by atoms with Crippen LogP contribution in [-0.2, 0) is 0 Å². The summed E-state index contributed by atoms with van der Waals surface area (Å²) < 4.78 is 0. The predicted octanol–water partition coefficient (Wildman–Crippen LogP) is 4.18. The van der Waals surface area contributed by atoms with Gasteiger partial charge in [-0.05, 0) is 56.7 Å². The average molecular weight is 274 g/mol. The van der Waals surface area contributed by atoms with Gasteiger partial charge < -0.3 is 0 Å². The summed E-state index contributed by atoms with van der Waals surface area (Å²) >= 11 is 0. The van der Waals surface area contributed by atoms with Crippen molar-refractivity contribution in [2.75, 3.05) is 0 Å². The molecule has 0 radical (unpaired) electrons. The standard InChI is InChI=1S/C21H22/c1-13-5-6-14-7-8-15-11-17(21(2,3)4)12-16-9-10-18(13)20(14)19(15)16/h5-8,10-12,16H,9H2,1-4H3. The first-order chi connectivity index (χ1) is 9.95. The highest BCUT2D eigenvalue weighted by Gasteiger charge is 2.25. The van der Waals surface area contributed by atoms with Crippen molar-refractivity contribution in [3.05, 3.63) is 57.5 Å². The fourth-order valence-corrected chi connectivity index (χ4v) is 3.80. The molecule has 0 N–H and O–H groups in total. The number of rotatable bonds is 0. The molecule has 1 atom stereocenters. The van der Waals surface area contributed by atoms with Crippen molar-refractivity contribution in [2.45, 2.75) is 40.0 Å². The molecule has 2 aliphatic carbocycles. The highest BCUT2D eigenvalue weighted by Crippen LogP contribution is 2.37. The molecule has 0 saturated carbocycles. The van der Waals surface area contributed by atoms with E-state index in [1.807, 2.05) is 0 Å². The number of benzene rings is 2. The first kappa shape index (κ1) is 12.9. The Bertz CT molecular complexity index is 902. The summed E-state index contributed by atoms with van der Waals surface area (Å²) in [6, 6.07) is 9.13. The molecule has 0 aromatic heterocycles. The van der Waals surface area contributed by atoms with Gasteiger partial charge in [-0.2, -0.15) is 0 Å². The van der Waals surface area contributed by atoms with Gasteiger partial charge in [0.2, 0.25) is 0 Å². The number of hydrogen-bond donors (Lipinski definition) is 0. The van der Waals surface area contributed by atoms with E-state index in [4.69, 9.17) is 0 Å². The molecule has 0 amide bonds. The topological polar surface area (TPSA) is 0 Å². The molecule has 0 nitrogen and oxygen atoms in total. The van der Waals surface area contributed by atoms with Gasteiger partial charge in [-0.1, -0.05) is 63.3 Å². The van der Waals surface area contributed by atoms with E-state index in [2.05, 4.69) is 70.2 Å². The summed E-state index contributed by atoms with van der Waals surface area (Å²) in [5.74, 6) is 0.553. The molecule has 2 aromatic rings. The summed E-state index contributed by atoms with van der Waals surface area (Å²) in [7, 11) is 0. The van der Waals surface area contributed by atoms with Crippen LogP contribution in [0.3, 0.4) is 0 Å². The second-order valence-corrected chi connectivity index (χ2v) is 7.53. The smallest absolute Gasteiger partial charge is 0.00711 e. The Morgan fingerprint density at radius 3 is 2.57 bits per heavy atom. The third-order valence-corrected chi connectivity index (χ3v) is 5.02. The van der Waals surface area contributed by atoms with Crippen LogP contribution in [0.15, 0.2) is 35.9 Å². The quantitative estimate of drug-likeness (QED) is 0.676. The Labute approximate surface area is 126 Å². The molecule has 2 aromatic carbocycles. The highest BCUT2D eigenvalue weighted by atomic mass is 14.3. The monoisotopic (exact) mass is 274 g/mol. The van der Waals surface area contributed by atoms with Gasteiger partial charge in [0.15, 0.2) is 0 Å². The van der Waals surface area contributed by atoms with E-state index in [0.717, 1.165) is 6.42 Å². The molecule has 0 saturated heterocycles. The second kappa shape index (κ2) is 4.10. The van der Waals surface area contributed by atoms with Gasteiger partial charge in [-0.3, -0.25) is 0 Å². The minimum atomic E-state index is 0.222. The summed E-state index contributed by atoms with van der Waals surface area (Å²) in [4.78, 5) is 0. The van der Waals surface area contributed by atoms with Crippen molar-refractivity contribution in [2.24, 2.45) is 5.41 Å². The van der Waals surface area contributed by atoms with E-state index in [0.29, 0.717) is 5.92 Å². The van der Waals surface area contributed by atoms with Crippen LogP contribution in [0.2, 0.25) is 0 Å². The SMILES string of the molecule is Cc1ccc2ccc3c4c2c1=CCC4C=C(C(C)(C)C)C=3. The van der Waals surface area contributed by atoms with Crippen molar-refractivity contribution in [1.29, 1.82) is 0 Å². The van der Waals surface area contributed by atoms with Crippen molar-refractivity contribution in [3.8, 4) is 0 Å². The molecule has 1 unspecified atom stereocenters.